The lowest BCUT2D eigenvalue weighted by Crippen LogP contribution is -2.50. The zero-order valence-corrected chi connectivity index (χ0v) is 19.0. The van der Waals surface area contributed by atoms with Gasteiger partial charge in [-0.15, -0.1) is 0 Å². The van der Waals surface area contributed by atoms with Gasteiger partial charge in [-0.1, -0.05) is 12.1 Å². The molecule has 0 saturated carbocycles. The minimum absolute atomic E-state index is 0.157. The van der Waals surface area contributed by atoms with Crippen LogP contribution in [0.3, 0.4) is 0 Å². The van der Waals surface area contributed by atoms with Gasteiger partial charge in [0.25, 0.3) is 5.91 Å². The Labute approximate surface area is 193 Å². The van der Waals surface area contributed by atoms with Crippen molar-refractivity contribution in [2.24, 2.45) is 0 Å². The van der Waals surface area contributed by atoms with Crippen LogP contribution < -0.4 is 4.74 Å². The first-order chi connectivity index (χ1) is 15.8. The summed E-state index contributed by atoms with van der Waals surface area (Å²) < 4.78 is 6.10. The second-order valence-corrected chi connectivity index (χ2v) is 9.43. The topological polar surface area (TPSA) is 45.7 Å². The van der Waals surface area contributed by atoms with Gasteiger partial charge in [0.1, 0.15) is 11.9 Å². The second-order valence-electron chi connectivity index (χ2n) is 8.65. The Hall–Kier alpha value is -2.70. The van der Waals surface area contributed by atoms with Gasteiger partial charge in [0.15, 0.2) is 0 Å². The van der Waals surface area contributed by atoms with Crippen molar-refractivity contribution in [3.63, 3.8) is 0 Å². The Kier molecular flexibility index (Phi) is 6.51. The van der Waals surface area contributed by atoms with Gasteiger partial charge < -0.3 is 9.64 Å². The lowest BCUT2D eigenvalue weighted by molar-refractivity contribution is 0.0425. The molecule has 1 amide bonds. The molecular weight excluding hydrogens is 418 g/mol. The van der Waals surface area contributed by atoms with Gasteiger partial charge in [0.2, 0.25) is 0 Å². The minimum atomic E-state index is 0.157. The molecular formula is C26H29N3O2S. The Bertz CT molecular complexity index is 991. The second kappa shape index (κ2) is 9.84. The predicted octanol–water partition coefficient (Wildman–Crippen LogP) is 4.96. The standard InChI is InChI=1S/C26H29N3O2S/c30-26(21-3-1-20(2-4-21)22-11-18-32-19-22)29-14-7-23(8-15-29)28-16-9-25(10-17-28)31-24-5-12-27-13-6-24/h1-6,11-13,18-19,23,25H,7-10,14-17H2. The molecule has 0 N–H and O–H groups in total. The normalized spacial score (nSPS) is 18.6. The molecule has 0 unspecified atom stereocenters. The van der Waals surface area contributed by atoms with Crippen LogP contribution in [-0.2, 0) is 0 Å². The monoisotopic (exact) mass is 447 g/mol. The molecule has 4 heterocycles. The molecule has 0 atom stereocenters. The molecule has 0 aliphatic carbocycles. The third kappa shape index (κ3) is 4.87. The first-order valence-corrected chi connectivity index (χ1v) is 12.4. The molecule has 2 aliphatic heterocycles. The predicted molar refractivity (Wildman–Crippen MR) is 128 cm³/mol. The van der Waals surface area contributed by atoms with Gasteiger partial charge >= 0.3 is 0 Å². The lowest BCUT2D eigenvalue weighted by atomic mass is 9.98. The molecule has 0 bridgehead atoms. The van der Waals surface area contributed by atoms with E-state index in [-0.39, 0.29) is 12.0 Å². The van der Waals surface area contributed by atoms with E-state index in [9.17, 15) is 4.79 Å². The number of hydrogen-bond acceptors (Lipinski definition) is 5. The average Bonchev–Trinajstić information content (AvgIpc) is 3.40. The fourth-order valence-electron chi connectivity index (χ4n) is 4.82. The first-order valence-electron chi connectivity index (χ1n) is 11.5. The number of amides is 1. The summed E-state index contributed by atoms with van der Waals surface area (Å²) in [5.74, 6) is 1.07. The summed E-state index contributed by atoms with van der Waals surface area (Å²) in [5.41, 5.74) is 3.17. The molecule has 6 heteroatoms. The molecule has 5 rings (SSSR count). The van der Waals surface area contributed by atoms with Crippen LogP contribution in [-0.4, -0.2) is 59.0 Å². The van der Waals surface area contributed by atoms with Crippen LogP contribution in [0.25, 0.3) is 11.1 Å². The van der Waals surface area contributed by atoms with E-state index in [2.05, 4.69) is 38.8 Å². The Balaban J connectivity index is 1.09. The number of nitrogens with zero attached hydrogens (tertiary/aromatic N) is 3. The minimum Gasteiger partial charge on any atom is -0.490 e. The third-order valence-corrected chi connectivity index (χ3v) is 7.37. The molecule has 5 nitrogen and oxygen atoms in total. The summed E-state index contributed by atoms with van der Waals surface area (Å²) in [5, 5.41) is 4.21. The molecule has 2 fully saturated rings. The third-order valence-electron chi connectivity index (χ3n) is 6.68. The summed E-state index contributed by atoms with van der Waals surface area (Å²) in [6.45, 7) is 3.81. The van der Waals surface area contributed by atoms with Gasteiger partial charge in [-0.25, -0.2) is 0 Å². The zero-order chi connectivity index (χ0) is 21.8. The number of benzene rings is 1. The summed E-state index contributed by atoms with van der Waals surface area (Å²) in [6.07, 6.45) is 8.04. The lowest BCUT2D eigenvalue weighted by Gasteiger charge is -2.41. The summed E-state index contributed by atoms with van der Waals surface area (Å²) in [4.78, 5) is 21.7. The van der Waals surface area contributed by atoms with E-state index in [1.165, 1.54) is 5.56 Å². The van der Waals surface area contributed by atoms with E-state index in [1.54, 1.807) is 23.7 Å². The van der Waals surface area contributed by atoms with Crippen LogP contribution >= 0.6 is 11.3 Å². The number of thiophene rings is 1. The molecule has 0 radical (unpaired) electrons. The van der Waals surface area contributed by atoms with E-state index >= 15 is 0 Å². The van der Waals surface area contributed by atoms with Crippen molar-refractivity contribution in [3.8, 4) is 16.9 Å². The first kappa shape index (κ1) is 21.2. The fraction of sp³-hybridized carbons (Fsp3) is 0.385. The van der Waals surface area contributed by atoms with Gasteiger partial charge in [-0.3, -0.25) is 14.7 Å². The van der Waals surface area contributed by atoms with Crippen molar-refractivity contribution in [1.82, 2.24) is 14.8 Å². The number of carbonyl (C=O) groups is 1. The quantitative estimate of drug-likeness (QED) is 0.555. The van der Waals surface area contributed by atoms with E-state index in [1.807, 2.05) is 29.2 Å². The highest BCUT2D eigenvalue weighted by molar-refractivity contribution is 7.08. The molecule has 2 aromatic heterocycles. The highest BCUT2D eigenvalue weighted by atomic mass is 32.1. The Morgan fingerprint density at radius 1 is 0.875 bits per heavy atom. The maximum Gasteiger partial charge on any atom is 0.253 e. The molecule has 32 heavy (non-hydrogen) atoms. The molecule has 3 aromatic rings. The number of aromatic nitrogens is 1. The smallest absolute Gasteiger partial charge is 0.253 e. The number of hydrogen-bond donors (Lipinski definition) is 0. The van der Waals surface area contributed by atoms with Crippen molar-refractivity contribution in [1.29, 1.82) is 0 Å². The SMILES string of the molecule is O=C(c1ccc(-c2ccsc2)cc1)N1CCC(N2CCC(Oc3ccncc3)CC2)CC1. The molecule has 166 valence electrons. The molecule has 0 spiro atoms. The van der Waals surface area contributed by atoms with Crippen LogP contribution in [0.1, 0.15) is 36.0 Å². The van der Waals surface area contributed by atoms with Gasteiger partial charge in [-0.05, 0) is 77.9 Å². The van der Waals surface area contributed by atoms with Crippen LogP contribution in [0, 0.1) is 0 Å². The van der Waals surface area contributed by atoms with Crippen molar-refractivity contribution >= 4 is 17.2 Å². The van der Waals surface area contributed by atoms with E-state index in [0.29, 0.717) is 6.04 Å². The van der Waals surface area contributed by atoms with Crippen LogP contribution in [0.4, 0.5) is 0 Å². The Morgan fingerprint density at radius 3 is 2.25 bits per heavy atom. The van der Waals surface area contributed by atoms with Crippen molar-refractivity contribution in [3.05, 3.63) is 71.2 Å². The number of ether oxygens (including phenoxy) is 1. The van der Waals surface area contributed by atoms with E-state index in [4.69, 9.17) is 4.74 Å². The maximum absolute atomic E-state index is 13.0. The number of pyridine rings is 1. The fourth-order valence-corrected chi connectivity index (χ4v) is 5.48. The number of piperidine rings is 2. The van der Waals surface area contributed by atoms with Crippen molar-refractivity contribution < 1.29 is 9.53 Å². The number of likely N-dealkylation sites (tertiary alicyclic amines) is 2. The number of carbonyl (C=O) groups excluding carboxylic acids is 1. The summed E-state index contributed by atoms with van der Waals surface area (Å²) >= 11 is 1.69. The van der Waals surface area contributed by atoms with Gasteiger partial charge in [-0.2, -0.15) is 11.3 Å². The summed E-state index contributed by atoms with van der Waals surface area (Å²) in [6, 6.07) is 14.6. The highest BCUT2D eigenvalue weighted by Crippen LogP contribution is 2.26. The van der Waals surface area contributed by atoms with Crippen molar-refractivity contribution in [2.75, 3.05) is 26.2 Å². The van der Waals surface area contributed by atoms with Gasteiger partial charge in [0, 0.05) is 50.2 Å². The van der Waals surface area contributed by atoms with Crippen LogP contribution in [0.2, 0.25) is 0 Å². The molecule has 2 aliphatic rings. The van der Waals surface area contributed by atoms with Gasteiger partial charge in [0.05, 0.1) is 0 Å². The zero-order valence-electron chi connectivity index (χ0n) is 18.2. The largest absolute Gasteiger partial charge is 0.490 e. The maximum atomic E-state index is 13.0. The summed E-state index contributed by atoms with van der Waals surface area (Å²) in [7, 11) is 0. The van der Waals surface area contributed by atoms with Crippen LogP contribution in [0.5, 0.6) is 5.75 Å². The molecule has 1 aromatic carbocycles. The van der Waals surface area contributed by atoms with E-state index in [0.717, 1.165) is 68.7 Å². The van der Waals surface area contributed by atoms with E-state index < -0.39 is 0 Å². The van der Waals surface area contributed by atoms with Crippen molar-refractivity contribution in [2.45, 2.75) is 37.8 Å². The highest BCUT2D eigenvalue weighted by Gasteiger charge is 2.30. The Morgan fingerprint density at radius 2 is 1.59 bits per heavy atom. The average molecular weight is 448 g/mol. The molecule has 2 saturated heterocycles. The van der Waals surface area contributed by atoms with Crippen LogP contribution in [0.15, 0.2) is 65.6 Å². The number of rotatable bonds is 5.